The molecule has 0 unspecified atom stereocenters. The van der Waals surface area contributed by atoms with Crippen molar-refractivity contribution in [1.29, 1.82) is 0 Å². The van der Waals surface area contributed by atoms with E-state index in [-0.39, 0.29) is 20.4 Å². The van der Waals surface area contributed by atoms with Crippen molar-refractivity contribution in [2.24, 2.45) is 5.92 Å². The molecular weight excluding hydrogens is 375 g/mol. The van der Waals surface area contributed by atoms with Crippen LogP contribution in [0, 0.1) is 33.6 Å². The first kappa shape index (κ1) is 20.1. The van der Waals surface area contributed by atoms with Crippen LogP contribution in [0.4, 0.5) is 0 Å². The zero-order valence-electron chi connectivity index (χ0n) is 15.7. The summed E-state index contributed by atoms with van der Waals surface area (Å²) in [6, 6.07) is 5.04. The molecule has 2 nitrogen and oxygen atoms in total. The van der Waals surface area contributed by atoms with Crippen molar-refractivity contribution in [2.75, 3.05) is 0 Å². The molecule has 0 saturated carbocycles. The predicted molar refractivity (Wildman–Crippen MR) is 95.5 cm³/mol. The van der Waals surface area contributed by atoms with Crippen LogP contribution in [0.5, 0.6) is 0 Å². The number of hydrogen-bond donors (Lipinski definition) is 0. The largest absolute Gasteiger partial charge is 0.266 e. The van der Waals surface area contributed by atoms with Crippen molar-refractivity contribution in [3.05, 3.63) is 40.2 Å². The van der Waals surface area contributed by atoms with Gasteiger partial charge >= 0.3 is 0 Å². The van der Waals surface area contributed by atoms with Gasteiger partial charge < -0.3 is 0 Å². The summed E-state index contributed by atoms with van der Waals surface area (Å²) in [4.78, 5) is 0. The minimum absolute atomic E-state index is 0. The Morgan fingerprint density at radius 3 is 1.91 bits per heavy atom. The van der Waals surface area contributed by atoms with E-state index in [1.165, 1.54) is 33.5 Å². The Hall–Kier alpha value is -0.908. The van der Waals surface area contributed by atoms with Gasteiger partial charge in [0.05, 0.1) is 5.69 Å². The van der Waals surface area contributed by atoms with Crippen LogP contribution in [0.3, 0.4) is 0 Å². The third-order valence-corrected chi connectivity index (χ3v) is 4.49. The summed E-state index contributed by atoms with van der Waals surface area (Å²) in [5.74, 6) is 0.625. The first-order valence-corrected chi connectivity index (χ1v) is 8.38. The Kier molecular flexibility index (Phi) is 6.81. The van der Waals surface area contributed by atoms with Gasteiger partial charge in [-0.1, -0.05) is 26.0 Å². The van der Waals surface area contributed by atoms with Gasteiger partial charge in [0.15, 0.2) is 0 Å². The third-order valence-electron chi connectivity index (χ3n) is 4.49. The average molecular weight is 405 g/mol. The van der Waals surface area contributed by atoms with E-state index in [9.17, 15) is 0 Å². The number of aromatic nitrogens is 2. The van der Waals surface area contributed by atoms with E-state index >= 15 is 0 Å². The molecule has 0 aliphatic rings. The number of benzene rings is 1. The van der Waals surface area contributed by atoms with Crippen molar-refractivity contribution in [3.63, 3.8) is 0 Å². The zero-order valence-corrected chi connectivity index (χ0v) is 17.3. The van der Waals surface area contributed by atoms with Crippen molar-refractivity contribution >= 4 is 0 Å². The summed E-state index contributed by atoms with van der Waals surface area (Å²) >= 11 is 0. The number of aryl methyl sites for hydroxylation is 3. The molecule has 1 aromatic heterocycles. The maximum Gasteiger partial charge on any atom is 0.0675 e. The molecule has 0 amide bonds. The van der Waals surface area contributed by atoms with Crippen LogP contribution < -0.4 is 0 Å². The molecule has 0 fully saturated rings. The summed E-state index contributed by atoms with van der Waals surface area (Å²) in [5.41, 5.74) is 9.30. The van der Waals surface area contributed by atoms with Crippen LogP contribution in [0.2, 0.25) is 0 Å². The Morgan fingerprint density at radius 1 is 0.957 bits per heavy atom. The van der Waals surface area contributed by atoms with E-state index < -0.39 is 0 Å². The summed E-state index contributed by atoms with van der Waals surface area (Å²) in [6.07, 6.45) is 1.07. The molecular formula is C20H30N2Pd. The van der Waals surface area contributed by atoms with Gasteiger partial charge in [-0.2, -0.15) is 5.10 Å². The van der Waals surface area contributed by atoms with Gasteiger partial charge in [-0.15, -0.1) is 0 Å². The topological polar surface area (TPSA) is 17.8 Å². The summed E-state index contributed by atoms with van der Waals surface area (Å²) in [5, 5.41) is 4.84. The van der Waals surface area contributed by atoms with Gasteiger partial charge in [0.1, 0.15) is 0 Å². The van der Waals surface area contributed by atoms with Gasteiger partial charge in [0, 0.05) is 37.7 Å². The third kappa shape index (κ3) is 4.14. The molecule has 0 atom stereocenters. The standard InChI is InChI=1S/C20H30N2.Pd/c1-12(2)9-19-20(17(8)21-22(19)13(3)4)18-10-14(5)16(7)15(6)11-18;/h10-13H,9H2,1-8H3;. The number of hydrogen-bond acceptors (Lipinski definition) is 1. The van der Waals surface area contributed by atoms with E-state index in [0.29, 0.717) is 12.0 Å². The number of rotatable bonds is 4. The summed E-state index contributed by atoms with van der Waals surface area (Å²) < 4.78 is 2.22. The second-order valence-corrected chi connectivity index (χ2v) is 7.28. The molecule has 0 bridgehead atoms. The van der Waals surface area contributed by atoms with Crippen LogP contribution in [-0.2, 0) is 26.8 Å². The van der Waals surface area contributed by atoms with Gasteiger partial charge in [-0.05, 0) is 76.1 Å². The van der Waals surface area contributed by atoms with Crippen LogP contribution in [0.1, 0.15) is 61.8 Å². The SMILES string of the molecule is Cc1cc(-c2c(C)nn(C(C)C)c2CC(C)C)cc(C)c1C.[Pd]. The monoisotopic (exact) mass is 404 g/mol. The fourth-order valence-corrected chi connectivity index (χ4v) is 3.16. The molecule has 0 N–H and O–H groups in total. The van der Waals surface area contributed by atoms with Crippen molar-refractivity contribution < 1.29 is 20.4 Å². The quantitative estimate of drug-likeness (QED) is 0.610. The van der Waals surface area contributed by atoms with Crippen LogP contribution in [0.25, 0.3) is 11.1 Å². The minimum atomic E-state index is 0. The zero-order chi connectivity index (χ0) is 16.6. The van der Waals surface area contributed by atoms with Crippen LogP contribution in [-0.4, -0.2) is 9.78 Å². The van der Waals surface area contributed by atoms with E-state index in [2.05, 4.69) is 72.2 Å². The van der Waals surface area contributed by atoms with Crippen molar-refractivity contribution in [3.8, 4) is 11.1 Å². The number of nitrogens with zero attached hydrogens (tertiary/aromatic N) is 2. The molecule has 2 rings (SSSR count). The Labute approximate surface area is 155 Å². The molecule has 23 heavy (non-hydrogen) atoms. The summed E-state index contributed by atoms with van der Waals surface area (Å²) in [6.45, 7) is 17.7. The molecule has 130 valence electrons. The van der Waals surface area contributed by atoms with Crippen LogP contribution >= 0.6 is 0 Å². The van der Waals surface area contributed by atoms with E-state index in [0.717, 1.165) is 12.1 Å². The fraction of sp³-hybridized carbons (Fsp3) is 0.550. The average Bonchev–Trinajstić information content (AvgIpc) is 2.71. The van der Waals surface area contributed by atoms with Gasteiger partial charge in [0.2, 0.25) is 0 Å². The predicted octanol–water partition coefficient (Wildman–Crippen LogP) is 5.56. The first-order chi connectivity index (χ1) is 10.2. The van der Waals surface area contributed by atoms with Crippen molar-refractivity contribution in [2.45, 2.75) is 67.9 Å². The Balaban J connectivity index is 0.00000264. The second-order valence-electron chi connectivity index (χ2n) is 7.28. The molecule has 2 aromatic rings. The minimum Gasteiger partial charge on any atom is -0.266 e. The summed E-state index contributed by atoms with van der Waals surface area (Å²) in [7, 11) is 0. The molecule has 0 aliphatic carbocycles. The maximum atomic E-state index is 4.84. The normalized spacial score (nSPS) is 11.2. The maximum absolute atomic E-state index is 4.84. The molecule has 0 radical (unpaired) electrons. The van der Waals surface area contributed by atoms with Crippen molar-refractivity contribution in [1.82, 2.24) is 9.78 Å². The first-order valence-electron chi connectivity index (χ1n) is 8.38. The molecule has 3 heteroatoms. The Morgan fingerprint density at radius 2 is 1.48 bits per heavy atom. The van der Waals surface area contributed by atoms with Gasteiger partial charge in [-0.25, -0.2) is 0 Å². The van der Waals surface area contributed by atoms with E-state index in [1.807, 2.05) is 0 Å². The van der Waals surface area contributed by atoms with Gasteiger partial charge in [-0.3, -0.25) is 4.68 Å². The van der Waals surface area contributed by atoms with Gasteiger partial charge in [0.25, 0.3) is 0 Å². The van der Waals surface area contributed by atoms with Crippen LogP contribution in [0.15, 0.2) is 12.1 Å². The van der Waals surface area contributed by atoms with E-state index in [4.69, 9.17) is 5.10 Å². The Bertz CT molecular complexity index is 658. The van der Waals surface area contributed by atoms with E-state index in [1.54, 1.807) is 0 Å². The second kappa shape index (κ2) is 7.78. The smallest absolute Gasteiger partial charge is 0.0675 e. The molecule has 0 saturated heterocycles. The molecule has 0 spiro atoms. The fourth-order valence-electron chi connectivity index (χ4n) is 3.16. The molecule has 0 aliphatic heterocycles. The molecule has 1 aromatic carbocycles. The molecule has 1 heterocycles.